The molecular weight excluding hydrogens is 423 g/mol. The van der Waals surface area contributed by atoms with E-state index in [4.69, 9.17) is 4.74 Å². The molecule has 1 aromatic carbocycles. The Morgan fingerprint density at radius 3 is 2.69 bits per heavy atom. The molecular formula is C23H20F3N3O3. The highest BCUT2D eigenvalue weighted by Gasteiger charge is 2.46. The quantitative estimate of drug-likeness (QED) is 0.651. The van der Waals surface area contributed by atoms with Crippen LogP contribution in [-0.4, -0.2) is 45.1 Å². The number of ether oxygens (including phenoxy) is 1. The maximum absolute atomic E-state index is 13.0. The monoisotopic (exact) mass is 443 g/mol. The van der Waals surface area contributed by atoms with Gasteiger partial charge in [0, 0.05) is 42.8 Å². The van der Waals surface area contributed by atoms with Crippen LogP contribution in [0.15, 0.2) is 48.7 Å². The van der Waals surface area contributed by atoms with Gasteiger partial charge in [-0.05, 0) is 49.1 Å². The van der Waals surface area contributed by atoms with Crippen molar-refractivity contribution in [3.8, 4) is 11.6 Å². The summed E-state index contributed by atoms with van der Waals surface area (Å²) < 4.78 is 43.6. The molecule has 166 valence electrons. The normalized spacial score (nSPS) is 22.5. The molecule has 0 spiro atoms. The Morgan fingerprint density at radius 2 is 2.00 bits per heavy atom. The van der Waals surface area contributed by atoms with E-state index in [9.17, 15) is 23.1 Å². The Kier molecular flexibility index (Phi) is 5.00. The molecule has 1 saturated heterocycles. The van der Waals surface area contributed by atoms with Crippen LogP contribution in [0.5, 0.6) is 11.6 Å². The third-order valence-corrected chi connectivity index (χ3v) is 6.27. The second-order valence-electron chi connectivity index (χ2n) is 8.34. The number of hydrogen-bond acceptors (Lipinski definition) is 5. The number of likely N-dealkylation sites (tertiary alicyclic amines) is 1. The zero-order valence-corrected chi connectivity index (χ0v) is 16.9. The third-order valence-electron chi connectivity index (χ3n) is 6.27. The molecule has 2 bridgehead atoms. The Morgan fingerprint density at radius 1 is 1.16 bits per heavy atom. The van der Waals surface area contributed by atoms with E-state index in [0.717, 1.165) is 36.6 Å². The molecule has 5 rings (SSSR count). The number of aromatic nitrogens is 2. The Hall–Kier alpha value is -3.20. The van der Waals surface area contributed by atoms with Crippen LogP contribution in [0, 0.1) is 11.8 Å². The summed E-state index contributed by atoms with van der Waals surface area (Å²) in [4.78, 5) is 23.0. The highest BCUT2D eigenvalue weighted by Crippen LogP contribution is 2.42. The Bertz CT molecular complexity index is 1170. The van der Waals surface area contributed by atoms with E-state index in [0.29, 0.717) is 29.4 Å². The van der Waals surface area contributed by atoms with Crippen molar-refractivity contribution in [3.63, 3.8) is 0 Å². The van der Waals surface area contributed by atoms with Crippen molar-refractivity contribution in [2.24, 2.45) is 11.8 Å². The molecule has 3 aromatic rings. The smallest absolute Gasteiger partial charge is 0.417 e. The van der Waals surface area contributed by atoms with Gasteiger partial charge in [0.2, 0.25) is 5.88 Å². The number of fused-ring (bicyclic) bond motifs is 3. The zero-order valence-electron chi connectivity index (χ0n) is 16.9. The van der Waals surface area contributed by atoms with Crippen molar-refractivity contribution in [2.75, 3.05) is 13.2 Å². The number of amides is 1. The molecule has 2 fully saturated rings. The minimum Gasteiger partial charge on any atom is -0.439 e. The third kappa shape index (κ3) is 3.77. The lowest BCUT2D eigenvalue weighted by Crippen LogP contribution is -2.43. The predicted octanol–water partition coefficient (Wildman–Crippen LogP) is 4.28. The molecule has 1 aliphatic heterocycles. The van der Waals surface area contributed by atoms with Crippen LogP contribution in [0.3, 0.4) is 0 Å². The molecule has 1 N–H and O–H groups in total. The first-order valence-corrected chi connectivity index (χ1v) is 10.4. The second-order valence-corrected chi connectivity index (χ2v) is 8.34. The van der Waals surface area contributed by atoms with Crippen LogP contribution in [0.2, 0.25) is 0 Å². The van der Waals surface area contributed by atoms with E-state index in [-0.39, 0.29) is 30.4 Å². The van der Waals surface area contributed by atoms with Gasteiger partial charge >= 0.3 is 6.18 Å². The van der Waals surface area contributed by atoms with E-state index in [1.54, 1.807) is 30.3 Å². The molecule has 32 heavy (non-hydrogen) atoms. The van der Waals surface area contributed by atoms with Crippen LogP contribution in [0.1, 0.15) is 28.9 Å². The number of aliphatic hydroxyl groups excluding tert-OH is 1. The predicted molar refractivity (Wildman–Crippen MR) is 109 cm³/mol. The number of piperidine rings is 1. The van der Waals surface area contributed by atoms with Crippen molar-refractivity contribution in [1.82, 2.24) is 14.9 Å². The highest BCUT2D eigenvalue weighted by molar-refractivity contribution is 5.95. The lowest BCUT2D eigenvalue weighted by Gasteiger charge is -2.32. The molecule has 0 unspecified atom stereocenters. The molecule has 2 aromatic heterocycles. The maximum Gasteiger partial charge on any atom is 0.417 e. The topological polar surface area (TPSA) is 75.5 Å². The molecule has 3 atom stereocenters. The molecule has 1 amide bonds. The van der Waals surface area contributed by atoms with Gasteiger partial charge in [0.05, 0.1) is 11.1 Å². The van der Waals surface area contributed by atoms with Gasteiger partial charge in [0.15, 0.2) is 0 Å². The summed E-state index contributed by atoms with van der Waals surface area (Å²) in [6.07, 6.45) is -1.83. The minimum atomic E-state index is -4.46. The van der Waals surface area contributed by atoms with E-state index in [1.807, 2.05) is 4.90 Å². The van der Waals surface area contributed by atoms with E-state index in [1.165, 1.54) is 0 Å². The Labute approximate surface area is 181 Å². The summed E-state index contributed by atoms with van der Waals surface area (Å²) in [5.74, 6) is 0.886. The van der Waals surface area contributed by atoms with Crippen LogP contribution < -0.4 is 4.74 Å². The number of rotatable bonds is 4. The summed E-state index contributed by atoms with van der Waals surface area (Å²) in [6.45, 7) is 0.791. The first-order valence-electron chi connectivity index (χ1n) is 10.4. The number of nitrogens with zero attached hydrogens (tertiary/aromatic N) is 3. The SMILES string of the molecule is O=C(c1ccc2cc(Oc3ccc(C(F)(F)F)cn3)ccc2n1)N1C[C@@H]2C[C@H](CO)[C@H]1C2. The van der Waals surface area contributed by atoms with Gasteiger partial charge in [-0.15, -0.1) is 0 Å². The Balaban J connectivity index is 1.33. The molecule has 9 heteroatoms. The van der Waals surface area contributed by atoms with Gasteiger partial charge in [0.25, 0.3) is 5.91 Å². The van der Waals surface area contributed by atoms with Gasteiger partial charge in [-0.25, -0.2) is 9.97 Å². The number of alkyl halides is 3. The number of halogens is 3. The van der Waals surface area contributed by atoms with Crippen LogP contribution in [0.25, 0.3) is 10.9 Å². The number of pyridine rings is 2. The van der Waals surface area contributed by atoms with E-state index < -0.39 is 11.7 Å². The number of carbonyl (C=O) groups excluding carboxylic acids is 1. The van der Waals surface area contributed by atoms with Crippen LogP contribution in [-0.2, 0) is 6.18 Å². The van der Waals surface area contributed by atoms with E-state index in [2.05, 4.69) is 9.97 Å². The first kappa shape index (κ1) is 20.7. The average molecular weight is 443 g/mol. The van der Waals surface area contributed by atoms with Gasteiger partial charge in [-0.3, -0.25) is 4.79 Å². The fraction of sp³-hybridized carbons (Fsp3) is 0.348. The summed E-state index contributed by atoms with van der Waals surface area (Å²) in [7, 11) is 0. The van der Waals surface area contributed by atoms with E-state index >= 15 is 0 Å². The van der Waals surface area contributed by atoms with Gasteiger partial charge in [-0.2, -0.15) is 13.2 Å². The summed E-state index contributed by atoms with van der Waals surface area (Å²) in [5.41, 5.74) is 0.104. The zero-order chi connectivity index (χ0) is 22.5. The number of benzene rings is 1. The molecule has 1 aliphatic carbocycles. The standard InChI is InChI=1S/C23H20F3N3O3/c24-23(25,26)16-2-6-21(27-10-16)32-17-3-5-18-14(9-17)1-4-19(28-18)22(31)29-11-13-7-15(12-30)20(29)8-13/h1-6,9-10,13,15,20,30H,7-8,11-12H2/t13-,15-,20-/m1/s1. The highest BCUT2D eigenvalue weighted by atomic mass is 19.4. The van der Waals surface area contributed by atoms with Crippen molar-refractivity contribution in [1.29, 1.82) is 0 Å². The first-order chi connectivity index (χ1) is 15.3. The maximum atomic E-state index is 13.0. The average Bonchev–Trinajstić information content (AvgIpc) is 3.39. The fourth-order valence-corrected chi connectivity index (χ4v) is 4.75. The molecule has 2 aliphatic rings. The summed E-state index contributed by atoms with van der Waals surface area (Å²) >= 11 is 0. The second kappa shape index (κ2) is 7.74. The number of carbonyl (C=O) groups is 1. The largest absolute Gasteiger partial charge is 0.439 e. The molecule has 0 radical (unpaired) electrons. The minimum absolute atomic E-state index is 0.0413. The summed E-state index contributed by atoms with van der Waals surface area (Å²) in [5, 5.41) is 10.3. The lowest BCUT2D eigenvalue weighted by atomic mass is 9.99. The van der Waals surface area contributed by atoms with Gasteiger partial charge < -0.3 is 14.7 Å². The van der Waals surface area contributed by atoms with Crippen LogP contribution >= 0.6 is 0 Å². The number of aliphatic hydroxyl groups is 1. The van der Waals surface area contributed by atoms with Gasteiger partial charge in [0.1, 0.15) is 11.4 Å². The van der Waals surface area contributed by atoms with Crippen molar-refractivity contribution >= 4 is 16.8 Å². The molecule has 6 nitrogen and oxygen atoms in total. The fourth-order valence-electron chi connectivity index (χ4n) is 4.75. The lowest BCUT2D eigenvalue weighted by molar-refractivity contribution is -0.137. The van der Waals surface area contributed by atoms with Crippen LogP contribution in [0.4, 0.5) is 13.2 Å². The molecule has 3 heterocycles. The summed E-state index contributed by atoms with van der Waals surface area (Å²) in [6, 6.07) is 10.6. The van der Waals surface area contributed by atoms with Crippen molar-refractivity contribution in [3.05, 3.63) is 59.9 Å². The number of hydrogen-bond donors (Lipinski definition) is 1. The van der Waals surface area contributed by atoms with Crippen molar-refractivity contribution < 1.29 is 27.8 Å². The molecule has 1 saturated carbocycles. The van der Waals surface area contributed by atoms with Crippen molar-refractivity contribution in [2.45, 2.75) is 25.1 Å². The van der Waals surface area contributed by atoms with Gasteiger partial charge in [-0.1, -0.05) is 6.07 Å².